The molecule has 2 rings (SSSR count). The molecular weight excluding hydrogens is 170 g/mol. The molecule has 0 heterocycles. The first-order valence-corrected chi connectivity index (χ1v) is 5.70. The van der Waals surface area contributed by atoms with Crippen molar-refractivity contribution in [2.24, 2.45) is 0 Å². The molecule has 1 aliphatic carbocycles. The Kier molecular flexibility index (Phi) is 2.76. The van der Waals surface area contributed by atoms with E-state index in [4.69, 9.17) is 5.73 Å². The van der Waals surface area contributed by atoms with E-state index in [2.05, 4.69) is 25.1 Å². The number of benzene rings is 1. The van der Waals surface area contributed by atoms with Gasteiger partial charge in [0.25, 0.3) is 0 Å². The molecule has 0 aromatic heterocycles. The molecule has 0 bridgehead atoms. The Bertz CT molecular complexity index is 313. The third-order valence-electron chi connectivity index (χ3n) is 3.29. The van der Waals surface area contributed by atoms with Gasteiger partial charge >= 0.3 is 0 Å². The van der Waals surface area contributed by atoms with E-state index in [9.17, 15) is 0 Å². The molecule has 0 atom stereocenters. The Labute approximate surface area is 86.3 Å². The number of aryl methyl sites for hydroxylation is 1. The van der Waals surface area contributed by atoms with Crippen LogP contribution in [-0.4, -0.2) is 0 Å². The normalized spacial score (nSPS) is 16.6. The van der Waals surface area contributed by atoms with Crippen LogP contribution in [0.25, 0.3) is 0 Å². The van der Waals surface area contributed by atoms with E-state index in [-0.39, 0.29) is 0 Å². The van der Waals surface area contributed by atoms with Gasteiger partial charge in [0.2, 0.25) is 0 Å². The summed E-state index contributed by atoms with van der Waals surface area (Å²) in [6.45, 7) is 2.20. The number of para-hydroxylation sites is 1. The second-order valence-corrected chi connectivity index (χ2v) is 4.30. The Morgan fingerprint density at radius 3 is 2.71 bits per heavy atom. The van der Waals surface area contributed by atoms with Crippen LogP contribution >= 0.6 is 0 Å². The van der Waals surface area contributed by atoms with Gasteiger partial charge in [0.05, 0.1) is 0 Å². The van der Waals surface area contributed by atoms with Crippen molar-refractivity contribution in [1.29, 1.82) is 0 Å². The molecule has 1 aliphatic rings. The van der Waals surface area contributed by atoms with Gasteiger partial charge in [0, 0.05) is 5.69 Å². The van der Waals surface area contributed by atoms with Gasteiger partial charge in [-0.1, -0.05) is 38.0 Å². The highest BCUT2D eigenvalue weighted by Crippen LogP contribution is 2.39. The summed E-state index contributed by atoms with van der Waals surface area (Å²) in [6.07, 6.45) is 6.34. The average Bonchev–Trinajstić information content (AvgIpc) is 2.09. The van der Waals surface area contributed by atoms with Crippen LogP contribution < -0.4 is 5.73 Å². The fraction of sp³-hybridized carbons (Fsp3) is 0.538. The van der Waals surface area contributed by atoms with Crippen molar-refractivity contribution >= 4 is 5.69 Å². The van der Waals surface area contributed by atoms with E-state index >= 15 is 0 Å². The molecule has 1 fully saturated rings. The molecule has 1 aromatic rings. The van der Waals surface area contributed by atoms with Crippen LogP contribution in [0.15, 0.2) is 18.2 Å². The van der Waals surface area contributed by atoms with E-state index in [1.54, 1.807) is 0 Å². The van der Waals surface area contributed by atoms with Crippen molar-refractivity contribution in [3.05, 3.63) is 29.3 Å². The summed E-state index contributed by atoms with van der Waals surface area (Å²) < 4.78 is 0. The van der Waals surface area contributed by atoms with Crippen molar-refractivity contribution in [2.45, 2.75) is 44.9 Å². The van der Waals surface area contributed by atoms with Gasteiger partial charge in [-0.3, -0.25) is 0 Å². The highest BCUT2D eigenvalue weighted by molar-refractivity contribution is 5.55. The molecule has 0 amide bonds. The summed E-state index contributed by atoms with van der Waals surface area (Å²) in [5, 5.41) is 0. The van der Waals surface area contributed by atoms with Gasteiger partial charge in [-0.05, 0) is 36.3 Å². The van der Waals surface area contributed by atoms with Crippen LogP contribution in [0.5, 0.6) is 0 Å². The zero-order valence-electron chi connectivity index (χ0n) is 8.92. The van der Waals surface area contributed by atoms with Crippen molar-refractivity contribution < 1.29 is 0 Å². The largest absolute Gasteiger partial charge is 0.398 e. The second kappa shape index (κ2) is 4.04. The standard InChI is InChI=1S/C13H19N/c1-2-5-11-8-4-9-12(13(11)14)10-6-3-7-10/h4,8-10H,2-3,5-7,14H2,1H3. The first-order valence-electron chi connectivity index (χ1n) is 5.70. The summed E-state index contributed by atoms with van der Waals surface area (Å²) in [6, 6.07) is 6.54. The molecular formula is C13H19N. The molecule has 1 aromatic carbocycles. The van der Waals surface area contributed by atoms with E-state index in [0.29, 0.717) is 0 Å². The van der Waals surface area contributed by atoms with Gasteiger partial charge in [-0.15, -0.1) is 0 Å². The lowest BCUT2D eigenvalue weighted by molar-refractivity contribution is 0.420. The predicted molar refractivity (Wildman–Crippen MR) is 61.4 cm³/mol. The molecule has 0 unspecified atom stereocenters. The lowest BCUT2D eigenvalue weighted by atomic mass is 9.78. The summed E-state index contributed by atoms with van der Waals surface area (Å²) in [4.78, 5) is 0. The van der Waals surface area contributed by atoms with Crippen LogP contribution in [0.3, 0.4) is 0 Å². The van der Waals surface area contributed by atoms with Crippen LogP contribution in [-0.2, 0) is 6.42 Å². The summed E-state index contributed by atoms with van der Waals surface area (Å²) in [7, 11) is 0. The van der Waals surface area contributed by atoms with E-state index in [0.717, 1.165) is 18.0 Å². The molecule has 0 spiro atoms. The van der Waals surface area contributed by atoms with E-state index < -0.39 is 0 Å². The Morgan fingerprint density at radius 1 is 1.36 bits per heavy atom. The molecule has 76 valence electrons. The van der Waals surface area contributed by atoms with Gasteiger partial charge in [0.1, 0.15) is 0 Å². The summed E-state index contributed by atoms with van der Waals surface area (Å²) in [5.41, 5.74) is 10.00. The highest BCUT2D eigenvalue weighted by Gasteiger charge is 2.21. The first-order chi connectivity index (χ1) is 6.83. The van der Waals surface area contributed by atoms with Crippen molar-refractivity contribution in [3.63, 3.8) is 0 Å². The lowest BCUT2D eigenvalue weighted by Gasteiger charge is -2.27. The van der Waals surface area contributed by atoms with Crippen LogP contribution in [0.4, 0.5) is 5.69 Å². The molecule has 1 heteroatoms. The third-order valence-corrected chi connectivity index (χ3v) is 3.29. The van der Waals surface area contributed by atoms with Crippen LogP contribution in [0.2, 0.25) is 0 Å². The van der Waals surface area contributed by atoms with Crippen molar-refractivity contribution in [3.8, 4) is 0 Å². The zero-order chi connectivity index (χ0) is 9.97. The molecule has 0 radical (unpaired) electrons. The first kappa shape index (κ1) is 9.57. The minimum atomic E-state index is 0.756. The lowest BCUT2D eigenvalue weighted by Crippen LogP contribution is -2.12. The van der Waals surface area contributed by atoms with Crippen molar-refractivity contribution in [2.75, 3.05) is 5.73 Å². The smallest absolute Gasteiger partial charge is 0.0381 e. The Morgan fingerprint density at radius 2 is 2.14 bits per heavy atom. The highest BCUT2D eigenvalue weighted by atomic mass is 14.6. The topological polar surface area (TPSA) is 26.0 Å². The predicted octanol–water partition coefficient (Wildman–Crippen LogP) is 3.49. The van der Waals surface area contributed by atoms with E-state index in [1.807, 2.05) is 0 Å². The number of rotatable bonds is 3. The third kappa shape index (κ3) is 1.63. The molecule has 0 saturated heterocycles. The molecule has 14 heavy (non-hydrogen) atoms. The quantitative estimate of drug-likeness (QED) is 0.724. The molecule has 0 aliphatic heterocycles. The number of hydrogen-bond acceptors (Lipinski definition) is 1. The zero-order valence-corrected chi connectivity index (χ0v) is 8.92. The number of nitrogens with two attached hydrogens (primary N) is 1. The number of anilines is 1. The number of hydrogen-bond donors (Lipinski definition) is 1. The maximum Gasteiger partial charge on any atom is 0.0381 e. The minimum absolute atomic E-state index is 0.756. The van der Waals surface area contributed by atoms with Crippen molar-refractivity contribution in [1.82, 2.24) is 0 Å². The fourth-order valence-electron chi connectivity index (χ4n) is 2.20. The molecule has 1 saturated carbocycles. The van der Waals surface area contributed by atoms with Gasteiger partial charge in [-0.25, -0.2) is 0 Å². The SMILES string of the molecule is CCCc1cccc(C2CCC2)c1N. The average molecular weight is 189 g/mol. The molecule has 2 N–H and O–H groups in total. The summed E-state index contributed by atoms with van der Waals surface area (Å²) >= 11 is 0. The van der Waals surface area contributed by atoms with Crippen LogP contribution in [0.1, 0.15) is 49.7 Å². The van der Waals surface area contributed by atoms with E-state index in [1.165, 1.54) is 36.8 Å². The maximum atomic E-state index is 6.18. The Balaban J connectivity index is 2.26. The van der Waals surface area contributed by atoms with Crippen LogP contribution in [0, 0.1) is 0 Å². The Hall–Kier alpha value is -0.980. The molecule has 1 nitrogen and oxygen atoms in total. The van der Waals surface area contributed by atoms with Gasteiger partial charge in [0.15, 0.2) is 0 Å². The number of nitrogen functional groups attached to an aromatic ring is 1. The monoisotopic (exact) mass is 189 g/mol. The van der Waals surface area contributed by atoms with Gasteiger partial charge in [-0.2, -0.15) is 0 Å². The van der Waals surface area contributed by atoms with Gasteiger partial charge < -0.3 is 5.73 Å². The second-order valence-electron chi connectivity index (χ2n) is 4.30. The fourth-order valence-corrected chi connectivity index (χ4v) is 2.20. The minimum Gasteiger partial charge on any atom is -0.398 e. The maximum absolute atomic E-state index is 6.18. The summed E-state index contributed by atoms with van der Waals surface area (Å²) in [5.74, 6) is 0.756.